The minimum Gasteiger partial charge on any atom is -0.478 e. The van der Waals surface area contributed by atoms with Crippen LogP contribution in [0.3, 0.4) is 0 Å². The maximum atomic E-state index is 12.4. The molecule has 0 fully saturated rings. The normalized spacial score (nSPS) is 19.6. The standard InChI is InChI=1S/C30H23NO4/c32-29(33)21-12-15-26-24(17-21)27-23-9-5-4-8-20(23)16-25(27)28(31-26)18-10-13-22(14-11-18)35-30(34)19-6-2-1-3-7-19/h1-15,17,25,27-28,31H,16H2,(H,32,33)/t25-,27+,28+/m1/s1. The minimum atomic E-state index is -0.918. The Morgan fingerprint density at radius 1 is 0.800 bits per heavy atom. The summed E-state index contributed by atoms with van der Waals surface area (Å²) in [7, 11) is 0. The highest BCUT2D eigenvalue weighted by atomic mass is 16.5. The first-order valence-electron chi connectivity index (χ1n) is 11.7. The molecular weight excluding hydrogens is 438 g/mol. The number of hydrogen-bond acceptors (Lipinski definition) is 4. The number of aromatic carboxylic acids is 1. The van der Waals surface area contributed by atoms with Crippen LogP contribution in [0.1, 0.15) is 54.9 Å². The summed E-state index contributed by atoms with van der Waals surface area (Å²) in [6.45, 7) is 0. The molecule has 0 amide bonds. The van der Waals surface area contributed by atoms with Crippen molar-refractivity contribution in [3.63, 3.8) is 0 Å². The minimum absolute atomic E-state index is 0.0365. The molecule has 4 aromatic carbocycles. The van der Waals surface area contributed by atoms with Gasteiger partial charge in [-0.05, 0) is 77.1 Å². The van der Waals surface area contributed by atoms with Crippen LogP contribution in [-0.4, -0.2) is 17.0 Å². The molecule has 6 rings (SSSR count). The van der Waals surface area contributed by atoms with E-state index in [4.69, 9.17) is 4.74 Å². The summed E-state index contributed by atoms with van der Waals surface area (Å²) in [5.41, 5.74) is 6.46. The zero-order chi connectivity index (χ0) is 23.9. The highest BCUT2D eigenvalue weighted by molar-refractivity contribution is 5.91. The second kappa shape index (κ2) is 8.44. The number of rotatable bonds is 4. The number of esters is 1. The van der Waals surface area contributed by atoms with E-state index in [-0.39, 0.29) is 23.8 Å². The first-order valence-corrected chi connectivity index (χ1v) is 11.7. The Kier molecular flexibility index (Phi) is 5.10. The van der Waals surface area contributed by atoms with Crippen molar-refractivity contribution in [3.8, 4) is 5.75 Å². The Balaban J connectivity index is 1.33. The predicted molar refractivity (Wildman–Crippen MR) is 133 cm³/mol. The summed E-state index contributed by atoms with van der Waals surface area (Å²) in [5, 5.41) is 13.2. The number of carbonyl (C=O) groups excluding carboxylic acids is 1. The molecular formula is C30H23NO4. The van der Waals surface area contributed by atoms with Crippen molar-refractivity contribution in [1.29, 1.82) is 0 Å². The van der Waals surface area contributed by atoms with E-state index < -0.39 is 5.97 Å². The van der Waals surface area contributed by atoms with Crippen LogP contribution in [0.2, 0.25) is 0 Å². The Labute approximate surface area is 203 Å². The first-order chi connectivity index (χ1) is 17.1. The lowest BCUT2D eigenvalue weighted by Gasteiger charge is -2.38. The second-order valence-electron chi connectivity index (χ2n) is 9.10. The zero-order valence-electron chi connectivity index (χ0n) is 18.8. The maximum Gasteiger partial charge on any atom is 0.343 e. The van der Waals surface area contributed by atoms with Gasteiger partial charge in [0.2, 0.25) is 0 Å². The van der Waals surface area contributed by atoms with Crippen LogP contribution in [0, 0.1) is 5.92 Å². The van der Waals surface area contributed by atoms with E-state index in [2.05, 4.69) is 29.6 Å². The Bertz CT molecular complexity index is 1430. The summed E-state index contributed by atoms with van der Waals surface area (Å²) in [5.74, 6) is -0.456. The summed E-state index contributed by atoms with van der Waals surface area (Å²) >= 11 is 0. The van der Waals surface area contributed by atoms with Crippen molar-refractivity contribution in [3.05, 3.63) is 130 Å². The zero-order valence-corrected chi connectivity index (χ0v) is 18.8. The van der Waals surface area contributed by atoms with Gasteiger partial charge in [0.05, 0.1) is 17.2 Å². The van der Waals surface area contributed by atoms with E-state index >= 15 is 0 Å². The molecule has 5 nitrogen and oxygen atoms in total. The van der Waals surface area contributed by atoms with Crippen molar-refractivity contribution in [2.75, 3.05) is 5.32 Å². The maximum absolute atomic E-state index is 12.4. The Morgan fingerprint density at radius 2 is 1.54 bits per heavy atom. The van der Waals surface area contributed by atoms with Crippen LogP contribution in [0.5, 0.6) is 5.75 Å². The fraction of sp³-hybridized carbons (Fsp3) is 0.133. The number of nitrogens with one attached hydrogen (secondary N) is 1. The molecule has 35 heavy (non-hydrogen) atoms. The Morgan fingerprint density at radius 3 is 2.31 bits per heavy atom. The fourth-order valence-electron chi connectivity index (χ4n) is 5.51. The van der Waals surface area contributed by atoms with Gasteiger partial charge in [0, 0.05) is 11.6 Å². The third kappa shape index (κ3) is 3.75. The second-order valence-corrected chi connectivity index (χ2v) is 9.10. The van der Waals surface area contributed by atoms with Gasteiger partial charge in [0.15, 0.2) is 0 Å². The number of ether oxygens (including phenoxy) is 1. The SMILES string of the molecule is O=C(O)c1ccc2c(c1)[C@@H]1c3ccccc3C[C@H]1[C@H](c1ccc(OC(=O)c3ccccc3)cc1)N2. The van der Waals surface area contributed by atoms with Gasteiger partial charge in [-0.15, -0.1) is 0 Å². The van der Waals surface area contributed by atoms with Crippen LogP contribution in [-0.2, 0) is 6.42 Å². The van der Waals surface area contributed by atoms with Gasteiger partial charge in [-0.1, -0.05) is 54.6 Å². The fourth-order valence-corrected chi connectivity index (χ4v) is 5.51. The average molecular weight is 462 g/mol. The van der Waals surface area contributed by atoms with Gasteiger partial charge < -0.3 is 15.2 Å². The third-order valence-corrected chi connectivity index (χ3v) is 7.11. The van der Waals surface area contributed by atoms with Crippen molar-refractivity contribution in [2.24, 2.45) is 5.92 Å². The lowest BCUT2D eigenvalue weighted by Crippen LogP contribution is -2.30. The molecule has 3 atom stereocenters. The molecule has 1 heterocycles. The van der Waals surface area contributed by atoms with Crippen LogP contribution in [0.15, 0.2) is 97.1 Å². The van der Waals surface area contributed by atoms with Gasteiger partial charge in [-0.2, -0.15) is 0 Å². The van der Waals surface area contributed by atoms with E-state index in [1.807, 2.05) is 54.6 Å². The molecule has 1 aliphatic heterocycles. The summed E-state index contributed by atoms with van der Waals surface area (Å²) in [6.07, 6.45) is 0.903. The van der Waals surface area contributed by atoms with Crippen LogP contribution in [0.25, 0.3) is 0 Å². The number of hydrogen-bond donors (Lipinski definition) is 2. The van der Waals surface area contributed by atoms with Gasteiger partial charge in [-0.25, -0.2) is 9.59 Å². The first kappa shape index (κ1) is 21.2. The van der Waals surface area contributed by atoms with Gasteiger partial charge in [0.1, 0.15) is 5.75 Å². The molecule has 0 saturated carbocycles. The molecule has 0 aromatic heterocycles. The van der Waals surface area contributed by atoms with Crippen LogP contribution in [0.4, 0.5) is 5.69 Å². The highest BCUT2D eigenvalue weighted by Gasteiger charge is 2.43. The topological polar surface area (TPSA) is 75.6 Å². The molecule has 0 unspecified atom stereocenters. The molecule has 2 N–H and O–H groups in total. The lowest BCUT2D eigenvalue weighted by atomic mass is 9.75. The summed E-state index contributed by atoms with van der Waals surface area (Å²) < 4.78 is 5.56. The quantitative estimate of drug-likeness (QED) is 0.285. The monoisotopic (exact) mass is 461 g/mol. The van der Waals surface area contributed by atoms with Crippen molar-refractivity contribution < 1.29 is 19.4 Å². The van der Waals surface area contributed by atoms with Crippen LogP contribution < -0.4 is 10.1 Å². The van der Waals surface area contributed by atoms with Gasteiger partial charge in [-0.3, -0.25) is 0 Å². The lowest BCUT2D eigenvalue weighted by molar-refractivity contribution is 0.0694. The predicted octanol–water partition coefficient (Wildman–Crippen LogP) is 6.08. The number of benzene rings is 4. The Hall–Kier alpha value is -4.38. The third-order valence-electron chi connectivity index (χ3n) is 7.11. The highest BCUT2D eigenvalue weighted by Crippen LogP contribution is 2.54. The van der Waals surface area contributed by atoms with E-state index in [0.717, 1.165) is 23.2 Å². The van der Waals surface area contributed by atoms with Gasteiger partial charge in [0.25, 0.3) is 0 Å². The van der Waals surface area contributed by atoms with E-state index in [0.29, 0.717) is 16.9 Å². The number of carboxylic acid groups (broad SMARTS) is 1. The summed E-state index contributed by atoms with van der Waals surface area (Å²) in [6, 6.07) is 30.4. The molecule has 4 aromatic rings. The van der Waals surface area contributed by atoms with E-state index in [1.54, 1.807) is 18.2 Å². The molecule has 1 aliphatic carbocycles. The molecule has 0 spiro atoms. The van der Waals surface area contributed by atoms with Gasteiger partial charge >= 0.3 is 11.9 Å². The van der Waals surface area contributed by atoms with E-state index in [1.165, 1.54) is 11.1 Å². The van der Waals surface area contributed by atoms with E-state index in [9.17, 15) is 14.7 Å². The van der Waals surface area contributed by atoms with Crippen LogP contribution >= 0.6 is 0 Å². The molecule has 172 valence electrons. The molecule has 2 aliphatic rings. The average Bonchev–Trinajstić information content (AvgIpc) is 3.29. The largest absolute Gasteiger partial charge is 0.478 e. The number of carbonyl (C=O) groups is 2. The number of carboxylic acids is 1. The molecule has 0 radical (unpaired) electrons. The van der Waals surface area contributed by atoms with Crippen molar-refractivity contribution in [2.45, 2.75) is 18.4 Å². The molecule has 0 bridgehead atoms. The molecule has 5 heteroatoms. The smallest absolute Gasteiger partial charge is 0.343 e. The van der Waals surface area contributed by atoms with Crippen molar-refractivity contribution in [1.82, 2.24) is 0 Å². The molecule has 0 saturated heterocycles. The van der Waals surface area contributed by atoms with Crippen molar-refractivity contribution >= 4 is 17.6 Å². The number of fused-ring (bicyclic) bond motifs is 5. The number of anilines is 1. The summed E-state index contributed by atoms with van der Waals surface area (Å²) in [4.78, 5) is 24.1.